The Labute approximate surface area is 165 Å². The second-order valence-corrected chi connectivity index (χ2v) is 9.82. The van der Waals surface area contributed by atoms with E-state index in [1.54, 1.807) is 0 Å². The fourth-order valence-corrected chi connectivity index (χ4v) is 5.62. The quantitative estimate of drug-likeness (QED) is 0.159. The van der Waals surface area contributed by atoms with Crippen molar-refractivity contribution in [2.45, 2.75) is 90.9 Å². The van der Waals surface area contributed by atoms with Crippen LogP contribution in [0.3, 0.4) is 0 Å². The molecule has 0 aliphatic rings. The maximum Gasteiger partial charge on any atom is 0.211 e. The molecule has 0 bridgehead atoms. The molecule has 0 saturated carbocycles. The second kappa shape index (κ2) is 16.4. The number of benzene rings is 1. The monoisotopic (exact) mass is 377 g/mol. The summed E-state index contributed by atoms with van der Waals surface area (Å²) in [7, 11) is 0.283. The number of unbranched alkanes of at least 4 members (excludes halogenated alkanes) is 10. The first-order valence-electron chi connectivity index (χ1n) is 11.0. The number of carbonyl (C=O) groups is 1. The zero-order chi connectivity index (χ0) is 18.9. The van der Waals surface area contributed by atoms with Gasteiger partial charge in [-0.2, -0.15) is 0 Å². The molecule has 0 fully saturated rings. The van der Waals surface area contributed by atoms with E-state index in [-0.39, 0.29) is 10.9 Å². The Kier molecular flexibility index (Phi) is 14.7. The second-order valence-electron chi connectivity index (χ2n) is 7.49. The van der Waals surface area contributed by atoms with Crippen LogP contribution in [0, 0.1) is 0 Å². The number of Topliss-reactive ketones (excluding diaryl/α,β-unsaturated/α-hetero) is 1. The van der Waals surface area contributed by atoms with E-state index in [0.29, 0.717) is 5.78 Å². The summed E-state index contributed by atoms with van der Waals surface area (Å²) < 4.78 is 0. The van der Waals surface area contributed by atoms with E-state index in [2.05, 4.69) is 13.8 Å². The molecule has 1 nitrogen and oxygen atoms in total. The molecular formula is C24H41OS+. The molecule has 0 aliphatic heterocycles. The molecule has 0 amide bonds. The minimum atomic E-state index is 0.283. The topological polar surface area (TPSA) is 17.1 Å². The zero-order valence-corrected chi connectivity index (χ0v) is 18.1. The van der Waals surface area contributed by atoms with Crippen LogP contribution in [0.15, 0.2) is 30.3 Å². The molecular weight excluding hydrogens is 336 g/mol. The Balaban J connectivity index is 2.16. The van der Waals surface area contributed by atoms with Crippen LogP contribution in [0.25, 0.3) is 0 Å². The molecule has 1 aromatic rings. The molecule has 1 aromatic carbocycles. The minimum Gasteiger partial charge on any atom is -0.289 e. The highest BCUT2D eigenvalue weighted by molar-refractivity contribution is 7.97. The molecule has 0 radical (unpaired) electrons. The molecule has 26 heavy (non-hydrogen) atoms. The molecule has 1 rings (SSSR count). The number of carbonyl (C=O) groups excluding carboxylic acids is 1. The van der Waals surface area contributed by atoms with Crippen LogP contribution in [0.4, 0.5) is 0 Å². The lowest BCUT2D eigenvalue weighted by Gasteiger charge is -2.09. The molecule has 2 heteroatoms. The number of ketones is 1. The van der Waals surface area contributed by atoms with Crippen molar-refractivity contribution in [3.05, 3.63) is 35.9 Å². The Morgan fingerprint density at radius 3 is 1.77 bits per heavy atom. The summed E-state index contributed by atoms with van der Waals surface area (Å²) in [5.41, 5.74) is 0.893. The van der Waals surface area contributed by atoms with E-state index >= 15 is 0 Å². The van der Waals surface area contributed by atoms with Gasteiger partial charge in [-0.3, -0.25) is 4.79 Å². The summed E-state index contributed by atoms with van der Waals surface area (Å²) >= 11 is 0. The van der Waals surface area contributed by atoms with Crippen molar-refractivity contribution in [1.82, 2.24) is 0 Å². The predicted molar refractivity (Wildman–Crippen MR) is 119 cm³/mol. The number of rotatable bonds is 17. The normalized spacial score (nSPS) is 12.2. The number of hydrogen-bond acceptors (Lipinski definition) is 1. The lowest BCUT2D eigenvalue weighted by molar-refractivity contribution is 0.102. The van der Waals surface area contributed by atoms with E-state index in [1.165, 1.54) is 88.6 Å². The Hall–Kier alpha value is -0.760. The lowest BCUT2D eigenvalue weighted by atomic mass is 10.1. The molecule has 0 spiro atoms. The van der Waals surface area contributed by atoms with Gasteiger partial charge in [-0.25, -0.2) is 0 Å². The maximum absolute atomic E-state index is 12.5. The van der Waals surface area contributed by atoms with Crippen LogP contribution >= 0.6 is 0 Å². The first kappa shape index (κ1) is 23.3. The van der Waals surface area contributed by atoms with Crippen LogP contribution in [0.2, 0.25) is 0 Å². The average molecular weight is 378 g/mol. The van der Waals surface area contributed by atoms with Gasteiger partial charge in [0.05, 0.1) is 0 Å². The Bertz CT molecular complexity index is 443. The van der Waals surface area contributed by atoms with Gasteiger partial charge < -0.3 is 0 Å². The first-order chi connectivity index (χ1) is 12.8. The van der Waals surface area contributed by atoms with Crippen LogP contribution in [-0.4, -0.2) is 23.0 Å². The smallest absolute Gasteiger partial charge is 0.211 e. The predicted octanol–water partition coefficient (Wildman–Crippen LogP) is 7.21. The Morgan fingerprint density at radius 2 is 1.19 bits per heavy atom. The van der Waals surface area contributed by atoms with E-state index in [4.69, 9.17) is 0 Å². The van der Waals surface area contributed by atoms with Gasteiger partial charge in [0.2, 0.25) is 5.78 Å². The maximum atomic E-state index is 12.5. The summed E-state index contributed by atoms with van der Waals surface area (Å²) in [6, 6.07) is 9.85. The van der Waals surface area contributed by atoms with Crippen molar-refractivity contribution in [3.63, 3.8) is 0 Å². The van der Waals surface area contributed by atoms with Crippen molar-refractivity contribution in [1.29, 1.82) is 0 Å². The first-order valence-corrected chi connectivity index (χ1v) is 12.7. The molecule has 0 heterocycles. The highest BCUT2D eigenvalue weighted by Crippen LogP contribution is 2.13. The van der Waals surface area contributed by atoms with Crippen molar-refractivity contribution < 1.29 is 4.79 Å². The summed E-state index contributed by atoms with van der Waals surface area (Å²) in [5.74, 6) is 3.61. The van der Waals surface area contributed by atoms with E-state index in [1.807, 2.05) is 30.3 Å². The van der Waals surface area contributed by atoms with E-state index in [9.17, 15) is 4.79 Å². The molecule has 1 unspecified atom stereocenters. The van der Waals surface area contributed by atoms with Crippen LogP contribution in [-0.2, 0) is 10.9 Å². The molecule has 148 valence electrons. The minimum absolute atomic E-state index is 0.283. The van der Waals surface area contributed by atoms with E-state index < -0.39 is 0 Å². The van der Waals surface area contributed by atoms with Gasteiger partial charge in [-0.15, -0.1) is 0 Å². The van der Waals surface area contributed by atoms with Crippen molar-refractivity contribution in [2.24, 2.45) is 0 Å². The standard InChI is InChI=1S/C24H41OS/c1-3-5-7-8-9-10-11-12-13-17-21-26(20-6-4-2)22-24(25)23-18-15-14-16-19-23/h14-16,18-19H,3-13,17,20-22H2,1-2H3/q+1. The fraction of sp³-hybridized carbons (Fsp3) is 0.708. The molecule has 0 aliphatic carbocycles. The van der Waals surface area contributed by atoms with Gasteiger partial charge in [0.1, 0.15) is 11.5 Å². The van der Waals surface area contributed by atoms with Crippen LogP contribution in [0.5, 0.6) is 0 Å². The summed E-state index contributed by atoms with van der Waals surface area (Å²) in [4.78, 5) is 12.5. The average Bonchev–Trinajstić information content (AvgIpc) is 2.67. The van der Waals surface area contributed by atoms with Gasteiger partial charge in [0, 0.05) is 5.56 Å². The highest BCUT2D eigenvalue weighted by Gasteiger charge is 2.22. The zero-order valence-electron chi connectivity index (χ0n) is 17.3. The van der Waals surface area contributed by atoms with Crippen molar-refractivity contribution in [2.75, 3.05) is 17.3 Å². The van der Waals surface area contributed by atoms with Gasteiger partial charge in [0.15, 0.2) is 5.75 Å². The largest absolute Gasteiger partial charge is 0.289 e. The van der Waals surface area contributed by atoms with Crippen LogP contribution < -0.4 is 0 Å². The SMILES string of the molecule is CCCCCCCCCCCC[S+](CCCC)CC(=O)c1ccccc1. The van der Waals surface area contributed by atoms with Gasteiger partial charge in [-0.1, -0.05) is 102 Å². The molecule has 0 N–H and O–H groups in total. The van der Waals surface area contributed by atoms with Gasteiger partial charge in [-0.05, 0) is 30.2 Å². The third kappa shape index (κ3) is 11.8. The van der Waals surface area contributed by atoms with Crippen LogP contribution in [0.1, 0.15) is 101 Å². The van der Waals surface area contributed by atoms with Crippen molar-refractivity contribution >= 4 is 16.7 Å². The number of hydrogen-bond donors (Lipinski definition) is 0. The summed E-state index contributed by atoms with van der Waals surface area (Å²) in [6.07, 6.45) is 16.4. The van der Waals surface area contributed by atoms with E-state index in [0.717, 1.165) is 11.3 Å². The lowest BCUT2D eigenvalue weighted by Crippen LogP contribution is -2.22. The summed E-state index contributed by atoms with van der Waals surface area (Å²) in [6.45, 7) is 4.53. The fourth-order valence-electron chi connectivity index (χ4n) is 3.28. The molecule has 0 aromatic heterocycles. The highest BCUT2D eigenvalue weighted by atomic mass is 32.2. The third-order valence-corrected chi connectivity index (χ3v) is 7.41. The molecule has 1 atom stereocenters. The van der Waals surface area contributed by atoms with Crippen molar-refractivity contribution in [3.8, 4) is 0 Å². The van der Waals surface area contributed by atoms with Gasteiger partial charge in [0.25, 0.3) is 0 Å². The Morgan fingerprint density at radius 1 is 0.692 bits per heavy atom. The summed E-state index contributed by atoms with van der Waals surface area (Å²) in [5, 5.41) is 0. The van der Waals surface area contributed by atoms with Gasteiger partial charge >= 0.3 is 0 Å². The molecule has 0 saturated heterocycles. The third-order valence-electron chi connectivity index (χ3n) is 5.00.